The zero-order chi connectivity index (χ0) is 14.5. The second-order valence-electron chi connectivity index (χ2n) is 4.06. The first-order chi connectivity index (χ1) is 8.70. The van der Waals surface area contributed by atoms with Crippen LogP contribution < -0.4 is 5.14 Å². The number of rotatable bonds is 7. The Kier molecular flexibility index (Phi) is 5.21. The number of Topliss-reactive ketones (excluding diaryl/α,β-unsaturated/α-hetero) is 1. The van der Waals surface area contributed by atoms with Crippen LogP contribution in [0.2, 0.25) is 0 Å². The molecule has 0 saturated carbocycles. The van der Waals surface area contributed by atoms with Crippen LogP contribution in [0.3, 0.4) is 0 Å². The highest BCUT2D eigenvalue weighted by molar-refractivity contribution is 7.94. The van der Waals surface area contributed by atoms with E-state index >= 15 is 0 Å². The molecule has 6 nitrogen and oxygen atoms in total. The number of hydrogen-bond donors (Lipinski definition) is 1. The molecule has 0 saturated heterocycles. The van der Waals surface area contributed by atoms with Crippen molar-refractivity contribution in [1.82, 2.24) is 0 Å². The van der Waals surface area contributed by atoms with Gasteiger partial charge in [0, 0.05) is 12.0 Å². The lowest BCUT2D eigenvalue weighted by Gasteiger charge is -2.03. The fourth-order valence-corrected chi connectivity index (χ4v) is 4.01. The fraction of sp³-hybridized carbons (Fsp3) is 0.364. The highest BCUT2D eigenvalue weighted by Gasteiger charge is 2.17. The molecule has 0 fully saturated rings. The van der Waals surface area contributed by atoms with Crippen LogP contribution in [0.1, 0.15) is 16.8 Å². The monoisotopic (exact) mass is 305 g/mol. The largest absolute Gasteiger partial charge is 0.294 e. The first kappa shape index (κ1) is 15.8. The molecule has 8 heteroatoms. The second kappa shape index (κ2) is 6.27. The number of sulfone groups is 1. The molecular formula is C11H15NO5S2. The van der Waals surface area contributed by atoms with Gasteiger partial charge in [-0.15, -0.1) is 0 Å². The van der Waals surface area contributed by atoms with Crippen LogP contribution in [-0.4, -0.2) is 39.9 Å². The third-order valence-corrected chi connectivity index (χ3v) is 5.10. The van der Waals surface area contributed by atoms with Gasteiger partial charge in [0.05, 0.1) is 17.3 Å². The Balaban J connectivity index is 2.54. The van der Waals surface area contributed by atoms with Crippen molar-refractivity contribution in [2.24, 2.45) is 5.14 Å². The van der Waals surface area contributed by atoms with E-state index in [1.165, 1.54) is 0 Å². The van der Waals surface area contributed by atoms with E-state index in [0.29, 0.717) is 5.56 Å². The van der Waals surface area contributed by atoms with Crippen molar-refractivity contribution < 1.29 is 21.6 Å². The molecule has 0 spiro atoms. The lowest BCUT2D eigenvalue weighted by atomic mass is 10.1. The minimum absolute atomic E-state index is 0.170. The molecule has 106 valence electrons. The molecule has 0 heterocycles. The third-order valence-electron chi connectivity index (χ3n) is 2.41. The van der Waals surface area contributed by atoms with E-state index in [2.05, 4.69) is 0 Å². The Bertz CT molecular complexity index is 635. The molecular weight excluding hydrogens is 290 g/mol. The van der Waals surface area contributed by atoms with E-state index in [0.717, 1.165) is 0 Å². The quantitative estimate of drug-likeness (QED) is 0.711. The van der Waals surface area contributed by atoms with Gasteiger partial charge in [0.15, 0.2) is 15.6 Å². The fourth-order valence-electron chi connectivity index (χ4n) is 1.36. The van der Waals surface area contributed by atoms with Crippen LogP contribution in [0, 0.1) is 0 Å². The van der Waals surface area contributed by atoms with Crippen molar-refractivity contribution in [2.75, 3.05) is 17.3 Å². The molecule has 0 radical (unpaired) electrons. The van der Waals surface area contributed by atoms with Gasteiger partial charge in [-0.25, -0.2) is 22.0 Å². The van der Waals surface area contributed by atoms with Crippen LogP contribution in [0.15, 0.2) is 30.3 Å². The summed E-state index contributed by atoms with van der Waals surface area (Å²) in [7, 11) is -7.41. The molecule has 1 rings (SSSR count). The summed E-state index contributed by atoms with van der Waals surface area (Å²) in [6, 6.07) is 8.31. The van der Waals surface area contributed by atoms with Gasteiger partial charge in [-0.3, -0.25) is 4.79 Å². The van der Waals surface area contributed by atoms with Gasteiger partial charge in [0.1, 0.15) is 0 Å². The number of ketones is 1. The minimum Gasteiger partial charge on any atom is -0.294 e. The van der Waals surface area contributed by atoms with Crippen molar-refractivity contribution >= 4 is 25.6 Å². The maximum atomic E-state index is 11.7. The summed E-state index contributed by atoms with van der Waals surface area (Å²) in [6.45, 7) is 0. The topological polar surface area (TPSA) is 111 Å². The first-order valence-corrected chi connectivity index (χ1v) is 9.02. The van der Waals surface area contributed by atoms with Crippen molar-refractivity contribution in [2.45, 2.75) is 6.42 Å². The second-order valence-corrected chi connectivity index (χ2v) is 8.10. The van der Waals surface area contributed by atoms with Crippen molar-refractivity contribution in [3.63, 3.8) is 0 Å². The van der Waals surface area contributed by atoms with Crippen LogP contribution in [0.5, 0.6) is 0 Å². The lowest BCUT2D eigenvalue weighted by Crippen LogP contribution is -2.25. The van der Waals surface area contributed by atoms with Gasteiger partial charge in [-0.2, -0.15) is 0 Å². The maximum Gasteiger partial charge on any atom is 0.210 e. The Labute approximate surface area is 112 Å². The average molecular weight is 305 g/mol. The summed E-state index contributed by atoms with van der Waals surface area (Å²) in [5.74, 6) is -1.86. The number of nitrogens with two attached hydrogens (primary N) is 1. The first-order valence-electron chi connectivity index (χ1n) is 5.49. The maximum absolute atomic E-state index is 11.7. The van der Waals surface area contributed by atoms with E-state index < -0.39 is 31.4 Å². The summed E-state index contributed by atoms with van der Waals surface area (Å²) in [4.78, 5) is 11.7. The number of sulfonamides is 1. The molecule has 0 amide bonds. The van der Waals surface area contributed by atoms with Crippen molar-refractivity contribution in [1.29, 1.82) is 0 Å². The van der Waals surface area contributed by atoms with Crippen LogP contribution in [0.25, 0.3) is 0 Å². The van der Waals surface area contributed by atoms with E-state index in [4.69, 9.17) is 5.14 Å². The van der Waals surface area contributed by atoms with Gasteiger partial charge in [-0.1, -0.05) is 30.3 Å². The molecule has 1 aromatic rings. The average Bonchev–Trinajstić information content (AvgIpc) is 2.34. The number of carbonyl (C=O) groups is 1. The van der Waals surface area contributed by atoms with E-state index in [-0.39, 0.29) is 18.0 Å². The molecule has 0 aliphatic carbocycles. The van der Waals surface area contributed by atoms with Crippen LogP contribution >= 0.6 is 0 Å². The number of carbonyl (C=O) groups excluding carboxylic acids is 1. The van der Waals surface area contributed by atoms with Gasteiger partial charge in [0.25, 0.3) is 0 Å². The molecule has 1 aromatic carbocycles. The Morgan fingerprint density at radius 2 is 1.53 bits per heavy atom. The molecule has 19 heavy (non-hydrogen) atoms. The van der Waals surface area contributed by atoms with E-state index in [9.17, 15) is 21.6 Å². The number of benzene rings is 1. The highest BCUT2D eigenvalue weighted by Crippen LogP contribution is 2.05. The zero-order valence-corrected chi connectivity index (χ0v) is 11.8. The molecule has 0 aliphatic heterocycles. The predicted molar refractivity (Wildman–Crippen MR) is 72.0 cm³/mol. The van der Waals surface area contributed by atoms with E-state index in [1.54, 1.807) is 30.3 Å². The standard InChI is InChI=1S/C11H15NO5S2/c12-19(16,17)9-8-18(14,15)7-6-11(13)10-4-2-1-3-5-10/h1-5H,6-9H2,(H2,12,16,17). The van der Waals surface area contributed by atoms with E-state index in [1.807, 2.05) is 0 Å². The van der Waals surface area contributed by atoms with Gasteiger partial charge < -0.3 is 0 Å². The summed E-state index contributed by atoms with van der Waals surface area (Å²) in [5.41, 5.74) is 0.434. The predicted octanol–water partition coefficient (Wildman–Crippen LogP) is -0.0373. The zero-order valence-electron chi connectivity index (χ0n) is 10.2. The Morgan fingerprint density at radius 3 is 2.05 bits per heavy atom. The number of hydrogen-bond acceptors (Lipinski definition) is 5. The smallest absolute Gasteiger partial charge is 0.210 e. The van der Waals surface area contributed by atoms with Crippen molar-refractivity contribution in [3.8, 4) is 0 Å². The van der Waals surface area contributed by atoms with Gasteiger partial charge in [0.2, 0.25) is 10.0 Å². The molecule has 0 aromatic heterocycles. The summed E-state index contributed by atoms with van der Waals surface area (Å²) < 4.78 is 44.4. The lowest BCUT2D eigenvalue weighted by molar-refractivity contribution is 0.0989. The molecule has 0 aliphatic rings. The highest BCUT2D eigenvalue weighted by atomic mass is 32.2. The summed E-state index contributed by atoms with van der Waals surface area (Å²) >= 11 is 0. The minimum atomic E-state index is -3.81. The third kappa shape index (κ3) is 6.46. The van der Waals surface area contributed by atoms with Gasteiger partial charge in [-0.05, 0) is 0 Å². The van der Waals surface area contributed by atoms with Crippen LogP contribution in [-0.2, 0) is 19.9 Å². The number of primary sulfonamides is 1. The molecule has 0 bridgehead atoms. The Hall–Kier alpha value is -1.25. The molecule has 0 unspecified atom stereocenters. The summed E-state index contributed by atoms with van der Waals surface area (Å²) in [6.07, 6.45) is -0.170. The normalized spacial score (nSPS) is 12.3. The van der Waals surface area contributed by atoms with Gasteiger partial charge >= 0.3 is 0 Å². The summed E-state index contributed by atoms with van der Waals surface area (Å²) in [5, 5.41) is 4.73. The van der Waals surface area contributed by atoms with Crippen LogP contribution in [0.4, 0.5) is 0 Å². The SMILES string of the molecule is NS(=O)(=O)CCS(=O)(=O)CCC(=O)c1ccccc1. The molecule has 2 N–H and O–H groups in total. The Morgan fingerprint density at radius 1 is 0.947 bits per heavy atom. The molecule has 0 atom stereocenters. The van der Waals surface area contributed by atoms with Crippen molar-refractivity contribution in [3.05, 3.63) is 35.9 Å².